The predicted molar refractivity (Wildman–Crippen MR) is 192 cm³/mol. The molecule has 7 rings (SSSR count). The average Bonchev–Trinajstić information content (AvgIpc) is 3.50. The summed E-state index contributed by atoms with van der Waals surface area (Å²) in [4.78, 5) is 14.1. The monoisotopic (exact) mass is 858 g/mol. The zero-order chi connectivity index (χ0) is 43.4. The van der Waals surface area contributed by atoms with Gasteiger partial charge in [0, 0.05) is 17.7 Å². The molecule has 1 aromatic heterocycles. The first-order valence-corrected chi connectivity index (χ1v) is 18.7. The summed E-state index contributed by atoms with van der Waals surface area (Å²) in [6.07, 6.45) is -27.6. The Bertz CT molecular complexity index is 2010. The normalized spacial score (nSPS) is 39.9. The number of phenols is 3. The number of aromatic hydroxyl groups is 3. The fourth-order valence-corrected chi connectivity index (χ4v) is 7.18. The SMILES string of the molecule is C[C@@H]1O[C@@H](OC[C@H]2O[C@@H](Oc3c(-c4ccc(O)cc4)oc4cc(O)cc(O)c4c3=O)[C@H](O[C@@H]3OC[C@](O)(CO)[C@H]3O)[C@@H](O)[C@H]2O)[C@H](O)[C@H](O[C@@H]2OC[C@@H](O)[C@H](O)[C@H]2O)[C@H]1O. The molecule has 60 heavy (non-hydrogen) atoms. The van der Waals surface area contributed by atoms with Gasteiger partial charge in [-0.05, 0) is 31.2 Å². The molecule has 4 aliphatic rings. The second kappa shape index (κ2) is 17.5. The zero-order valence-corrected chi connectivity index (χ0v) is 31.4. The maximum Gasteiger partial charge on any atom is 0.239 e. The lowest BCUT2D eigenvalue weighted by Crippen LogP contribution is -2.64. The van der Waals surface area contributed by atoms with Crippen molar-refractivity contribution in [1.29, 1.82) is 0 Å². The van der Waals surface area contributed by atoms with E-state index in [1.165, 1.54) is 31.2 Å². The van der Waals surface area contributed by atoms with Crippen LogP contribution in [0.1, 0.15) is 6.92 Å². The van der Waals surface area contributed by atoms with E-state index in [4.69, 9.17) is 42.3 Å². The van der Waals surface area contributed by atoms with Gasteiger partial charge in [0.15, 0.2) is 30.7 Å². The van der Waals surface area contributed by atoms with Crippen molar-refractivity contribution >= 4 is 11.0 Å². The van der Waals surface area contributed by atoms with Crippen LogP contribution < -0.4 is 10.2 Å². The summed E-state index contributed by atoms with van der Waals surface area (Å²) in [5, 5.41) is 136. The quantitative estimate of drug-likeness (QED) is 0.0865. The average molecular weight is 859 g/mol. The molecule has 4 saturated heterocycles. The van der Waals surface area contributed by atoms with Crippen molar-refractivity contribution in [2.45, 2.75) is 111 Å². The highest BCUT2D eigenvalue weighted by Gasteiger charge is 2.55. The van der Waals surface area contributed by atoms with Gasteiger partial charge in [-0.25, -0.2) is 0 Å². The summed E-state index contributed by atoms with van der Waals surface area (Å²) in [7, 11) is 0. The molecule has 332 valence electrons. The van der Waals surface area contributed by atoms with Crippen LogP contribution in [0, 0.1) is 0 Å². The van der Waals surface area contributed by atoms with Gasteiger partial charge in [-0.3, -0.25) is 4.79 Å². The molecule has 0 bridgehead atoms. The Kier molecular flexibility index (Phi) is 12.9. The van der Waals surface area contributed by atoms with Crippen molar-refractivity contribution in [3.63, 3.8) is 0 Å². The molecule has 0 saturated carbocycles. The van der Waals surface area contributed by atoms with E-state index in [2.05, 4.69) is 0 Å². The second-order valence-corrected chi connectivity index (χ2v) is 15.0. The number of phenolic OH excluding ortho intramolecular Hbond substituents is 3. The number of fused-ring (bicyclic) bond motifs is 1. The number of benzene rings is 2. The molecule has 17 atom stereocenters. The molecule has 13 N–H and O–H groups in total. The van der Waals surface area contributed by atoms with E-state index >= 15 is 0 Å². The Labute approximate surface area is 337 Å². The lowest BCUT2D eigenvalue weighted by atomic mass is 9.97. The van der Waals surface area contributed by atoms with E-state index in [1.54, 1.807) is 0 Å². The van der Waals surface area contributed by atoms with E-state index in [-0.39, 0.29) is 22.7 Å². The Morgan fingerprint density at radius 1 is 0.750 bits per heavy atom. The van der Waals surface area contributed by atoms with Gasteiger partial charge in [-0.15, -0.1) is 0 Å². The number of ether oxygens (including phenoxy) is 8. The lowest BCUT2D eigenvalue weighted by molar-refractivity contribution is -0.355. The van der Waals surface area contributed by atoms with Gasteiger partial charge in [0.25, 0.3) is 0 Å². The van der Waals surface area contributed by atoms with E-state index in [0.29, 0.717) is 0 Å². The molecule has 2 aromatic carbocycles. The molecular formula is C37H46O23. The largest absolute Gasteiger partial charge is 0.508 e. The predicted octanol–water partition coefficient (Wildman–Crippen LogP) is -4.46. The Hall–Kier alpha value is -3.83. The molecule has 0 radical (unpaired) electrons. The summed E-state index contributed by atoms with van der Waals surface area (Å²) in [5.41, 5.74) is -3.45. The van der Waals surface area contributed by atoms with Gasteiger partial charge in [0.05, 0.1) is 32.5 Å². The second-order valence-electron chi connectivity index (χ2n) is 15.0. The third kappa shape index (κ3) is 8.38. The van der Waals surface area contributed by atoms with Gasteiger partial charge >= 0.3 is 0 Å². The van der Waals surface area contributed by atoms with E-state index in [9.17, 15) is 71.2 Å². The minimum Gasteiger partial charge on any atom is -0.508 e. The van der Waals surface area contributed by atoms with Crippen molar-refractivity contribution in [3.05, 3.63) is 46.6 Å². The van der Waals surface area contributed by atoms with Crippen LogP contribution in [0.15, 0.2) is 45.6 Å². The number of rotatable bonds is 11. The first-order chi connectivity index (χ1) is 28.4. The van der Waals surface area contributed by atoms with Crippen molar-refractivity contribution in [2.75, 3.05) is 26.4 Å². The summed E-state index contributed by atoms with van der Waals surface area (Å²) in [5.74, 6) is -2.42. The highest BCUT2D eigenvalue weighted by molar-refractivity contribution is 5.88. The maximum atomic E-state index is 14.1. The lowest BCUT2D eigenvalue weighted by Gasteiger charge is -2.45. The van der Waals surface area contributed by atoms with E-state index < -0.39 is 158 Å². The molecular weight excluding hydrogens is 812 g/mol. The topological polar surface area (TPSA) is 367 Å². The zero-order valence-electron chi connectivity index (χ0n) is 31.4. The molecule has 4 fully saturated rings. The highest BCUT2D eigenvalue weighted by Crippen LogP contribution is 2.39. The van der Waals surface area contributed by atoms with Crippen LogP contribution in [-0.2, 0) is 33.2 Å². The van der Waals surface area contributed by atoms with Gasteiger partial charge in [0.1, 0.15) is 94.9 Å². The minimum absolute atomic E-state index is 0.106. The van der Waals surface area contributed by atoms with Crippen molar-refractivity contribution in [1.82, 2.24) is 0 Å². The van der Waals surface area contributed by atoms with Crippen LogP contribution in [-0.4, -0.2) is 197 Å². The third-order valence-electron chi connectivity index (χ3n) is 10.7. The third-order valence-corrected chi connectivity index (χ3v) is 10.7. The molecule has 23 nitrogen and oxygen atoms in total. The van der Waals surface area contributed by atoms with Crippen LogP contribution in [0.2, 0.25) is 0 Å². The van der Waals surface area contributed by atoms with Crippen LogP contribution >= 0.6 is 0 Å². The van der Waals surface area contributed by atoms with E-state index in [0.717, 1.165) is 12.1 Å². The molecule has 0 spiro atoms. The summed E-state index contributed by atoms with van der Waals surface area (Å²) >= 11 is 0. The van der Waals surface area contributed by atoms with E-state index in [1.807, 2.05) is 0 Å². The van der Waals surface area contributed by atoms with Gasteiger partial charge in [-0.1, -0.05) is 0 Å². The van der Waals surface area contributed by atoms with Gasteiger partial charge in [-0.2, -0.15) is 0 Å². The number of aliphatic hydroxyl groups excluding tert-OH is 9. The molecule has 0 aliphatic carbocycles. The molecule has 4 aliphatic heterocycles. The Balaban J connectivity index is 1.19. The molecule has 3 aromatic rings. The minimum atomic E-state index is -2.21. The molecule has 0 unspecified atom stereocenters. The maximum absolute atomic E-state index is 14.1. The molecule has 0 amide bonds. The van der Waals surface area contributed by atoms with Crippen LogP contribution in [0.25, 0.3) is 22.3 Å². The van der Waals surface area contributed by atoms with Crippen molar-refractivity contribution in [3.8, 4) is 34.3 Å². The van der Waals surface area contributed by atoms with Gasteiger partial charge in [0.2, 0.25) is 17.5 Å². The van der Waals surface area contributed by atoms with Crippen LogP contribution in [0.4, 0.5) is 0 Å². The summed E-state index contributed by atoms with van der Waals surface area (Å²) in [6, 6.07) is 7.05. The first-order valence-electron chi connectivity index (χ1n) is 18.7. The first kappa shape index (κ1) is 44.2. The molecule has 5 heterocycles. The van der Waals surface area contributed by atoms with Gasteiger partial charge < -0.3 is 109 Å². The number of aliphatic hydroxyl groups is 10. The molecule has 23 heteroatoms. The Morgan fingerprint density at radius 2 is 1.45 bits per heavy atom. The standard InChI is InChI=1S/C37H46O23/c1-12-21(43)29(58-33-26(48)22(44)17(42)8-52-33)27(49)34(55-12)53-9-19-23(45)25(47)31(60-36-32(50)37(51,10-38)11-54-36)35(57-19)59-30-24(46)20-16(41)6-15(40)7-18(20)56-28(30)13-2-4-14(39)5-3-13/h2-7,12,17,19,21-23,25-27,29,31-36,38-45,47-51H,8-11H2,1H3/t12-,17+,19+,21-,22-,23-,25-,26+,27+,29+,31+,32-,33-,34+,35-,36-,37+/m0/s1. The summed E-state index contributed by atoms with van der Waals surface area (Å²) in [6.45, 7) is -1.41. The fraction of sp³-hybridized carbons (Fsp3) is 0.595. The van der Waals surface area contributed by atoms with Crippen LogP contribution in [0.5, 0.6) is 23.0 Å². The van der Waals surface area contributed by atoms with Crippen molar-refractivity contribution < 1.29 is 109 Å². The van der Waals surface area contributed by atoms with Crippen molar-refractivity contribution in [2.24, 2.45) is 0 Å². The number of hydrogen-bond acceptors (Lipinski definition) is 23. The summed E-state index contributed by atoms with van der Waals surface area (Å²) < 4.78 is 51.4. The Morgan fingerprint density at radius 3 is 2.13 bits per heavy atom. The van der Waals surface area contributed by atoms with Crippen LogP contribution in [0.3, 0.4) is 0 Å². The smallest absolute Gasteiger partial charge is 0.239 e. The highest BCUT2D eigenvalue weighted by atomic mass is 16.8. The fourth-order valence-electron chi connectivity index (χ4n) is 7.18. The number of hydrogen-bond donors (Lipinski definition) is 13.